The number of carbonyl (C=O) groups is 1. The van der Waals surface area contributed by atoms with Gasteiger partial charge >= 0.3 is 0 Å². The minimum Gasteiger partial charge on any atom is -0.392 e. The van der Waals surface area contributed by atoms with E-state index >= 15 is 0 Å². The largest absolute Gasteiger partial charge is 0.392 e. The number of aliphatic hydroxyl groups is 1. The number of benzene rings is 2. The van der Waals surface area contributed by atoms with Crippen LogP contribution in [0.2, 0.25) is 0 Å². The lowest BCUT2D eigenvalue weighted by Gasteiger charge is -2.14. The number of amides is 1. The first kappa shape index (κ1) is 19.3. The zero-order valence-electron chi connectivity index (χ0n) is 16.3. The van der Waals surface area contributed by atoms with Crippen LogP contribution in [-0.4, -0.2) is 21.0 Å². The molecule has 1 fully saturated rings. The summed E-state index contributed by atoms with van der Waals surface area (Å²) in [5.74, 6) is 0.956. The molecule has 3 aromatic rings. The van der Waals surface area contributed by atoms with Crippen molar-refractivity contribution in [2.75, 3.05) is 5.32 Å². The van der Waals surface area contributed by atoms with Crippen LogP contribution in [0, 0.1) is 5.92 Å². The van der Waals surface area contributed by atoms with Gasteiger partial charge in [-0.3, -0.25) is 4.79 Å². The normalized spacial score (nSPS) is 14.1. The highest BCUT2D eigenvalue weighted by Gasteiger charge is 2.20. The van der Waals surface area contributed by atoms with E-state index in [0.29, 0.717) is 17.3 Å². The third kappa shape index (κ3) is 4.69. The van der Waals surface area contributed by atoms with Crippen molar-refractivity contribution in [1.29, 1.82) is 0 Å². The van der Waals surface area contributed by atoms with Crippen molar-refractivity contribution in [3.05, 3.63) is 77.6 Å². The van der Waals surface area contributed by atoms with Gasteiger partial charge in [-0.15, -0.1) is 0 Å². The van der Waals surface area contributed by atoms with E-state index in [1.54, 1.807) is 18.3 Å². The van der Waals surface area contributed by atoms with Crippen LogP contribution in [-0.2, 0) is 13.0 Å². The van der Waals surface area contributed by atoms with Crippen LogP contribution >= 0.6 is 0 Å². The first-order valence-corrected chi connectivity index (χ1v) is 10.2. The Morgan fingerprint density at radius 3 is 2.45 bits per heavy atom. The second-order valence-electron chi connectivity index (χ2n) is 7.58. The fraction of sp³-hybridized carbons (Fsp3) is 0.292. The van der Waals surface area contributed by atoms with Gasteiger partial charge < -0.3 is 10.4 Å². The molecule has 0 atom stereocenters. The Balaban J connectivity index is 1.63. The Morgan fingerprint density at radius 1 is 1.03 bits per heavy atom. The van der Waals surface area contributed by atoms with Gasteiger partial charge in [0.2, 0.25) is 0 Å². The second kappa shape index (κ2) is 8.97. The Morgan fingerprint density at radius 2 is 1.76 bits per heavy atom. The molecule has 0 saturated heterocycles. The second-order valence-corrected chi connectivity index (χ2v) is 7.58. The van der Waals surface area contributed by atoms with Crippen LogP contribution < -0.4 is 5.32 Å². The summed E-state index contributed by atoms with van der Waals surface area (Å²) in [6, 6.07) is 16.8. The molecular weight excluding hydrogens is 362 g/mol. The van der Waals surface area contributed by atoms with Crippen LogP contribution in [0.25, 0.3) is 11.3 Å². The number of aromatic nitrogens is 2. The molecular formula is C24H25N3O2. The maximum Gasteiger partial charge on any atom is 0.256 e. The molecule has 1 heterocycles. The molecule has 0 aliphatic heterocycles. The number of anilines is 1. The highest BCUT2D eigenvalue weighted by Crippen LogP contribution is 2.30. The average molecular weight is 387 g/mol. The summed E-state index contributed by atoms with van der Waals surface area (Å²) in [7, 11) is 0. The minimum absolute atomic E-state index is 0.0172. The fourth-order valence-corrected chi connectivity index (χ4v) is 3.85. The van der Waals surface area contributed by atoms with E-state index in [-0.39, 0.29) is 12.5 Å². The Bertz CT molecular complexity index is 965. The van der Waals surface area contributed by atoms with Gasteiger partial charge in [0.05, 0.1) is 24.2 Å². The highest BCUT2D eigenvalue weighted by atomic mass is 16.3. The highest BCUT2D eigenvalue weighted by molar-refractivity contribution is 6.04. The number of carbonyl (C=O) groups excluding carboxylic acids is 1. The SMILES string of the molecule is O=C(Nc1ncc(-c2ccc(CO)cc2)nc1CC1CCCC1)c1ccccc1. The first-order chi connectivity index (χ1) is 14.2. The molecule has 1 aliphatic rings. The molecule has 5 nitrogen and oxygen atoms in total. The van der Waals surface area contributed by atoms with Crippen molar-refractivity contribution in [3.63, 3.8) is 0 Å². The van der Waals surface area contributed by atoms with E-state index in [0.717, 1.165) is 28.9 Å². The van der Waals surface area contributed by atoms with Crippen LogP contribution in [0.5, 0.6) is 0 Å². The number of nitrogens with zero attached hydrogens (tertiary/aromatic N) is 2. The quantitative estimate of drug-likeness (QED) is 0.647. The van der Waals surface area contributed by atoms with E-state index in [1.807, 2.05) is 42.5 Å². The number of aliphatic hydroxyl groups excluding tert-OH is 1. The van der Waals surface area contributed by atoms with Crippen molar-refractivity contribution in [3.8, 4) is 11.3 Å². The molecule has 1 saturated carbocycles. The molecule has 0 spiro atoms. The molecule has 4 rings (SSSR count). The Hall–Kier alpha value is -3.05. The predicted octanol–water partition coefficient (Wildman–Crippen LogP) is 4.62. The lowest BCUT2D eigenvalue weighted by atomic mass is 10.0. The zero-order chi connectivity index (χ0) is 20.1. The molecule has 1 aromatic heterocycles. The average Bonchev–Trinajstić information content (AvgIpc) is 3.29. The topological polar surface area (TPSA) is 75.1 Å². The fourth-order valence-electron chi connectivity index (χ4n) is 3.85. The maximum absolute atomic E-state index is 12.6. The van der Waals surface area contributed by atoms with Crippen molar-refractivity contribution in [2.45, 2.75) is 38.7 Å². The van der Waals surface area contributed by atoms with Crippen molar-refractivity contribution in [1.82, 2.24) is 9.97 Å². The smallest absolute Gasteiger partial charge is 0.256 e. The molecule has 0 radical (unpaired) electrons. The van der Waals surface area contributed by atoms with E-state index in [4.69, 9.17) is 4.98 Å². The van der Waals surface area contributed by atoms with Gasteiger partial charge in [-0.1, -0.05) is 68.1 Å². The summed E-state index contributed by atoms with van der Waals surface area (Å²) in [5.41, 5.74) is 4.03. The summed E-state index contributed by atoms with van der Waals surface area (Å²) >= 11 is 0. The van der Waals surface area contributed by atoms with E-state index in [2.05, 4.69) is 10.3 Å². The number of hydrogen-bond donors (Lipinski definition) is 2. The maximum atomic E-state index is 12.6. The van der Waals surface area contributed by atoms with Crippen molar-refractivity contribution in [2.24, 2.45) is 5.92 Å². The molecule has 2 N–H and O–H groups in total. The standard InChI is InChI=1S/C24H25N3O2/c28-16-18-10-12-19(13-11-18)22-15-25-23(21(26-22)14-17-6-4-5-7-17)27-24(29)20-8-2-1-3-9-20/h1-3,8-13,15,17,28H,4-7,14,16H2,(H,25,27,29). The molecule has 0 bridgehead atoms. The van der Waals surface area contributed by atoms with Gasteiger partial charge in [0.25, 0.3) is 5.91 Å². The summed E-state index contributed by atoms with van der Waals surface area (Å²) < 4.78 is 0. The molecule has 148 valence electrons. The summed E-state index contributed by atoms with van der Waals surface area (Å²) in [4.78, 5) is 22.1. The molecule has 5 heteroatoms. The third-order valence-corrected chi connectivity index (χ3v) is 5.50. The lowest BCUT2D eigenvalue weighted by Crippen LogP contribution is -2.16. The van der Waals surface area contributed by atoms with Gasteiger partial charge in [0.1, 0.15) is 0 Å². The van der Waals surface area contributed by atoms with Gasteiger partial charge in [0, 0.05) is 11.1 Å². The third-order valence-electron chi connectivity index (χ3n) is 5.50. The molecule has 1 amide bonds. The van der Waals surface area contributed by atoms with Gasteiger partial charge in [0.15, 0.2) is 5.82 Å². The number of hydrogen-bond acceptors (Lipinski definition) is 4. The van der Waals surface area contributed by atoms with Crippen LogP contribution in [0.1, 0.15) is 47.3 Å². The Labute approximate surface area is 170 Å². The molecule has 1 aliphatic carbocycles. The van der Waals surface area contributed by atoms with Crippen molar-refractivity contribution >= 4 is 11.7 Å². The van der Waals surface area contributed by atoms with Crippen LogP contribution in [0.4, 0.5) is 5.82 Å². The van der Waals surface area contributed by atoms with Crippen molar-refractivity contribution < 1.29 is 9.90 Å². The van der Waals surface area contributed by atoms with E-state index in [9.17, 15) is 9.90 Å². The predicted molar refractivity (Wildman–Crippen MR) is 113 cm³/mol. The zero-order valence-corrected chi connectivity index (χ0v) is 16.3. The van der Waals surface area contributed by atoms with E-state index < -0.39 is 0 Å². The molecule has 29 heavy (non-hydrogen) atoms. The molecule has 2 aromatic carbocycles. The van der Waals surface area contributed by atoms with Crippen LogP contribution in [0.15, 0.2) is 60.8 Å². The Kier molecular flexibility index (Phi) is 5.96. The van der Waals surface area contributed by atoms with Gasteiger partial charge in [-0.2, -0.15) is 0 Å². The lowest BCUT2D eigenvalue weighted by molar-refractivity contribution is 0.102. The number of rotatable bonds is 6. The number of nitrogens with one attached hydrogen (secondary N) is 1. The van der Waals surface area contributed by atoms with Gasteiger partial charge in [-0.05, 0) is 30.0 Å². The molecule has 0 unspecified atom stereocenters. The first-order valence-electron chi connectivity index (χ1n) is 10.2. The monoisotopic (exact) mass is 387 g/mol. The van der Waals surface area contributed by atoms with E-state index in [1.165, 1.54) is 25.7 Å². The summed E-state index contributed by atoms with van der Waals surface area (Å²) in [6.07, 6.45) is 7.43. The summed E-state index contributed by atoms with van der Waals surface area (Å²) in [5, 5.41) is 12.2. The van der Waals surface area contributed by atoms with Gasteiger partial charge in [-0.25, -0.2) is 9.97 Å². The van der Waals surface area contributed by atoms with Crippen LogP contribution in [0.3, 0.4) is 0 Å². The minimum atomic E-state index is -0.173. The summed E-state index contributed by atoms with van der Waals surface area (Å²) in [6.45, 7) is 0.0172.